The molecule has 0 aromatic carbocycles. The van der Waals surface area contributed by atoms with Crippen molar-refractivity contribution in [1.29, 1.82) is 0 Å². The Morgan fingerprint density at radius 3 is 2.21 bits per heavy atom. The molecule has 5 aliphatic carbocycles. The maximum absolute atomic E-state index is 12.8. The highest BCUT2D eigenvalue weighted by molar-refractivity contribution is 5.76. The number of aliphatic hydroxyl groups excluding tert-OH is 2. The molecule has 0 amide bonds. The zero-order valence-electron chi connectivity index (χ0n) is 22.2. The Kier molecular flexibility index (Phi) is 5.52. The minimum absolute atomic E-state index is 0.0568. The summed E-state index contributed by atoms with van der Waals surface area (Å²) in [6.07, 6.45) is 9.43. The lowest BCUT2D eigenvalue weighted by molar-refractivity contribution is -0.254. The minimum Gasteiger partial charge on any atom is -0.481 e. The standard InChI is InChI=1S/C30H48O4/c1-18(2)19-9-14-30(25(33)34)16-15-28(5)20(24(19)30)7-8-22-26(3)12-11-23(32)27(4,17-31)21(26)10-13-29(22,28)6/h19-24,31-32H,1,7-17H2,2-6H3,(H,33,34)/t19?,20?,21?,22?,23?,24?,26-,27-,28+,29+,30-/m0/s1. The predicted molar refractivity (Wildman–Crippen MR) is 134 cm³/mol. The quantitative estimate of drug-likeness (QED) is 0.436. The first-order chi connectivity index (χ1) is 15.8. The minimum atomic E-state index is -0.567. The molecule has 11 atom stereocenters. The summed E-state index contributed by atoms with van der Waals surface area (Å²) in [5.41, 5.74) is 0.586. The molecule has 0 bridgehead atoms. The van der Waals surface area contributed by atoms with E-state index in [-0.39, 0.29) is 28.8 Å². The fourth-order valence-electron chi connectivity index (χ4n) is 11.5. The van der Waals surface area contributed by atoms with Gasteiger partial charge in [0.05, 0.1) is 18.1 Å². The largest absolute Gasteiger partial charge is 0.481 e. The molecule has 0 saturated heterocycles. The van der Waals surface area contributed by atoms with E-state index in [1.165, 1.54) is 5.57 Å². The Bertz CT molecular complexity index is 883. The van der Waals surface area contributed by atoms with Crippen molar-refractivity contribution in [1.82, 2.24) is 0 Å². The predicted octanol–water partition coefficient (Wildman–Crippen LogP) is 6.06. The van der Waals surface area contributed by atoms with E-state index in [0.29, 0.717) is 23.7 Å². The molecular formula is C30H48O4. The Balaban J connectivity index is 1.56. The monoisotopic (exact) mass is 472 g/mol. The van der Waals surface area contributed by atoms with Crippen LogP contribution in [0.5, 0.6) is 0 Å². The summed E-state index contributed by atoms with van der Waals surface area (Å²) in [5, 5.41) is 31.8. The van der Waals surface area contributed by atoms with Crippen LogP contribution in [-0.4, -0.2) is 34.0 Å². The van der Waals surface area contributed by atoms with Crippen LogP contribution in [0.2, 0.25) is 0 Å². The van der Waals surface area contributed by atoms with Crippen molar-refractivity contribution >= 4 is 5.97 Å². The molecule has 34 heavy (non-hydrogen) atoms. The van der Waals surface area contributed by atoms with Gasteiger partial charge >= 0.3 is 5.97 Å². The first-order valence-electron chi connectivity index (χ1n) is 14.0. The highest BCUT2D eigenvalue weighted by Crippen LogP contribution is 2.77. The lowest BCUT2D eigenvalue weighted by Crippen LogP contribution is -2.67. The average molecular weight is 473 g/mol. The summed E-state index contributed by atoms with van der Waals surface area (Å²) >= 11 is 0. The Morgan fingerprint density at radius 1 is 0.882 bits per heavy atom. The van der Waals surface area contributed by atoms with Crippen LogP contribution in [0.4, 0.5) is 0 Å². The van der Waals surface area contributed by atoms with Crippen LogP contribution < -0.4 is 0 Å². The van der Waals surface area contributed by atoms with Crippen LogP contribution in [0.1, 0.15) is 98.8 Å². The van der Waals surface area contributed by atoms with Gasteiger partial charge in [-0.2, -0.15) is 0 Å². The Labute approximate surface area is 206 Å². The summed E-state index contributed by atoms with van der Waals surface area (Å²) in [4.78, 5) is 12.8. The second-order valence-electron chi connectivity index (χ2n) is 14.4. The smallest absolute Gasteiger partial charge is 0.309 e. The van der Waals surface area contributed by atoms with E-state index < -0.39 is 22.9 Å². The number of aliphatic carboxylic acids is 1. The lowest BCUT2D eigenvalue weighted by Gasteiger charge is -2.72. The average Bonchev–Trinajstić information content (AvgIpc) is 3.18. The molecule has 0 radical (unpaired) electrons. The molecule has 5 saturated carbocycles. The third-order valence-electron chi connectivity index (χ3n) is 13.6. The number of carbonyl (C=O) groups is 1. The van der Waals surface area contributed by atoms with Crippen molar-refractivity contribution in [2.45, 2.75) is 105 Å². The molecule has 0 spiro atoms. The molecule has 6 unspecified atom stereocenters. The SMILES string of the molecule is C=C(C)C1CC[C@]2(C(=O)O)CC[C@]3(C)C(CCC4[C@@]5(C)CCC(O)[C@@](C)(CO)C5CC[C@]43C)C12. The number of carboxylic acid groups (broad SMARTS) is 1. The van der Waals surface area contributed by atoms with E-state index >= 15 is 0 Å². The van der Waals surface area contributed by atoms with Gasteiger partial charge in [0.2, 0.25) is 0 Å². The lowest BCUT2D eigenvalue weighted by atomic mass is 9.32. The maximum Gasteiger partial charge on any atom is 0.309 e. The number of rotatable bonds is 3. The van der Waals surface area contributed by atoms with E-state index in [1.54, 1.807) is 0 Å². The maximum atomic E-state index is 12.8. The third kappa shape index (κ3) is 2.76. The number of allylic oxidation sites excluding steroid dienone is 1. The fraction of sp³-hybridized carbons (Fsp3) is 0.900. The highest BCUT2D eigenvalue weighted by atomic mass is 16.4. The second-order valence-corrected chi connectivity index (χ2v) is 14.4. The van der Waals surface area contributed by atoms with Crippen molar-refractivity contribution in [3.05, 3.63) is 12.2 Å². The molecule has 5 fully saturated rings. The van der Waals surface area contributed by atoms with Gasteiger partial charge in [0.25, 0.3) is 0 Å². The van der Waals surface area contributed by atoms with Gasteiger partial charge < -0.3 is 15.3 Å². The van der Waals surface area contributed by atoms with Crippen molar-refractivity contribution in [2.24, 2.45) is 56.7 Å². The molecule has 0 aromatic rings. The van der Waals surface area contributed by atoms with Crippen LogP contribution in [0, 0.1) is 56.7 Å². The van der Waals surface area contributed by atoms with Crippen LogP contribution in [0.15, 0.2) is 12.2 Å². The first-order valence-corrected chi connectivity index (χ1v) is 14.0. The van der Waals surface area contributed by atoms with E-state index in [9.17, 15) is 20.1 Å². The van der Waals surface area contributed by atoms with Crippen LogP contribution in [0.3, 0.4) is 0 Å². The first kappa shape index (κ1) is 24.8. The summed E-state index contributed by atoms with van der Waals surface area (Å²) in [5.74, 6) is 1.30. The van der Waals surface area contributed by atoms with Gasteiger partial charge in [-0.25, -0.2) is 0 Å². The fourth-order valence-corrected chi connectivity index (χ4v) is 11.5. The molecule has 5 aliphatic rings. The number of hydrogen-bond acceptors (Lipinski definition) is 3. The molecule has 4 heteroatoms. The van der Waals surface area contributed by atoms with E-state index in [0.717, 1.165) is 64.2 Å². The van der Waals surface area contributed by atoms with Crippen molar-refractivity contribution in [2.75, 3.05) is 6.61 Å². The number of carboxylic acids is 1. The Hall–Kier alpha value is -0.870. The van der Waals surface area contributed by atoms with Gasteiger partial charge in [-0.3, -0.25) is 4.79 Å². The van der Waals surface area contributed by atoms with Crippen molar-refractivity contribution in [3.8, 4) is 0 Å². The van der Waals surface area contributed by atoms with Gasteiger partial charge in [0, 0.05) is 5.41 Å². The van der Waals surface area contributed by atoms with Crippen LogP contribution in [-0.2, 0) is 4.79 Å². The third-order valence-corrected chi connectivity index (χ3v) is 13.6. The van der Waals surface area contributed by atoms with E-state index in [2.05, 4.69) is 41.2 Å². The van der Waals surface area contributed by atoms with Gasteiger partial charge in [-0.1, -0.05) is 39.8 Å². The molecular weight excluding hydrogens is 424 g/mol. The van der Waals surface area contributed by atoms with Crippen LogP contribution >= 0.6 is 0 Å². The molecule has 0 aromatic heterocycles. The van der Waals surface area contributed by atoms with Crippen LogP contribution in [0.25, 0.3) is 0 Å². The normalized spacial score (nSPS) is 56.6. The summed E-state index contributed by atoms with van der Waals surface area (Å²) in [6.45, 7) is 16.2. The number of aliphatic hydroxyl groups is 2. The number of fused-ring (bicyclic) bond motifs is 7. The summed E-state index contributed by atoms with van der Waals surface area (Å²) in [7, 11) is 0. The van der Waals surface area contributed by atoms with E-state index in [1.807, 2.05) is 0 Å². The van der Waals surface area contributed by atoms with Crippen molar-refractivity contribution < 1.29 is 20.1 Å². The molecule has 5 rings (SSSR count). The molecule has 4 nitrogen and oxygen atoms in total. The molecule has 192 valence electrons. The molecule has 0 aliphatic heterocycles. The van der Waals surface area contributed by atoms with E-state index in [4.69, 9.17) is 0 Å². The zero-order valence-corrected chi connectivity index (χ0v) is 22.2. The van der Waals surface area contributed by atoms with Gasteiger partial charge in [0.15, 0.2) is 0 Å². The topological polar surface area (TPSA) is 77.8 Å². The number of hydrogen-bond donors (Lipinski definition) is 3. The summed E-state index contributed by atoms with van der Waals surface area (Å²) < 4.78 is 0. The second kappa shape index (κ2) is 7.57. The van der Waals surface area contributed by atoms with Gasteiger partial charge in [0.1, 0.15) is 0 Å². The molecule has 0 heterocycles. The zero-order chi connectivity index (χ0) is 24.9. The summed E-state index contributed by atoms with van der Waals surface area (Å²) in [6, 6.07) is 0. The van der Waals surface area contributed by atoms with Crippen molar-refractivity contribution in [3.63, 3.8) is 0 Å². The Morgan fingerprint density at radius 2 is 1.59 bits per heavy atom. The van der Waals surface area contributed by atoms with Gasteiger partial charge in [-0.05, 0) is 117 Å². The molecule has 3 N–H and O–H groups in total. The highest BCUT2D eigenvalue weighted by Gasteiger charge is 2.72. The van der Waals surface area contributed by atoms with Gasteiger partial charge in [-0.15, -0.1) is 0 Å².